The molecule has 2 N–H and O–H groups in total. The summed E-state index contributed by atoms with van der Waals surface area (Å²) in [5.74, 6) is 0.882. The van der Waals surface area contributed by atoms with Crippen molar-refractivity contribution in [2.75, 3.05) is 19.6 Å². The number of amides is 1. The van der Waals surface area contributed by atoms with Gasteiger partial charge < -0.3 is 10.6 Å². The van der Waals surface area contributed by atoms with E-state index in [1.165, 1.54) is 25.7 Å². The fraction of sp³-hybridized carbons (Fsp3) is 0.923. The summed E-state index contributed by atoms with van der Waals surface area (Å²) in [6, 6.07) is 0. The average Bonchev–Trinajstić information content (AvgIpc) is 2.35. The van der Waals surface area contributed by atoms with E-state index < -0.39 is 0 Å². The van der Waals surface area contributed by atoms with E-state index in [4.69, 9.17) is 5.73 Å². The largest absolute Gasteiger partial charge is 0.343 e. The van der Waals surface area contributed by atoms with Crippen LogP contribution in [0.15, 0.2) is 0 Å². The van der Waals surface area contributed by atoms with E-state index in [-0.39, 0.29) is 0 Å². The Bertz CT molecular complexity index is 200. The molecule has 1 fully saturated rings. The molecule has 3 nitrogen and oxygen atoms in total. The summed E-state index contributed by atoms with van der Waals surface area (Å²) in [5, 5.41) is 0. The number of carbonyl (C=O) groups is 1. The van der Waals surface area contributed by atoms with Crippen molar-refractivity contribution < 1.29 is 4.79 Å². The van der Waals surface area contributed by atoms with Crippen LogP contribution in [0.25, 0.3) is 0 Å². The molecule has 1 rings (SSSR count). The van der Waals surface area contributed by atoms with E-state index in [0.717, 1.165) is 32.5 Å². The van der Waals surface area contributed by atoms with Gasteiger partial charge in [-0.15, -0.1) is 0 Å². The van der Waals surface area contributed by atoms with Crippen molar-refractivity contribution in [3.63, 3.8) is 0 Å². The first kappa shape index (κ1) is 13.5. The number of hydrogen-bond donors (Lipinski definition) is 1. The van der Waals surface area contributed by atoms with Crippen LogP contribution in [-0.4, -0.2) is 30.4 Å². The van der Waals surface area contributed by atoms with Gasteiger partial charge in [0.1, 0.15) is 0 Å². The zero-order valence-corrected chi connectivity index (χ0v) is 10.6. The fourth-order valence-corrected chi connectivity index (χ4v) is 2.42. The molecule has 94 valence electrons. The normalized spacial score (nSPS) is 18.5. The minimum atomic E-state index is 0.342. The zero-order chi connectivity index (χ0) is 11.8. The Kier molecular flexibility index (Phi) is 6.46. The van der Waals surface area contributed by atoms with E-state index in [0.29, 0.717) is 18.2 Å². The number of nitrogens with two attached hydrogens (primary N) is 1. The molecule has 0 aromatic rings. The lowest BCUT2D eigenvalue weighted by atomic mass is 9.97. The molecule has 0 spiro atoms. The number of rotatable bonds is 6. The topological polar surface area (TPSA) is 46.3 Å². The van der Waals surface area contributed by atoms with Crippen LogP contribution in [0, 0.1) is 5.92 Å². The third-order valence-corrected chi connectivity index (χ3v) is 3.51. The van der Waals surface area contributed by atoms with Gasteiger partial charge in [0.2, 0.25) is 5.91 Å². The average molecular weight is 226 g/mol. The van der Waals surface area contributed by atoms with Crippen LogP contribution in [0.1, 0.15) is 51.9 Å². The lowest BCUT2D eigenvalue weighted by molar-refractivity contribution is -0.132. The molecule has 16 heavy (non-hydrogen) atoms. The molecule has 0 bridgehead atoms. The van der Waals surface area contributed by atoms with Crippen molar-refractivity contribution >= 4 is 5.91 Å². The van der Waals surface area contributed by atoms with Crippen molar-refractivity contribution in [3.8, 4) is 0 Å². The molecule has 1 unspecified atom stereocenters. The SMILES string of the molecule is CCCC(CN)CCC(=O)N1CCCCC1. The molecule has 0 radical (unpaired) electrons. The van der Waals surface area contributed by atoms with E-state index in [1.54, 1.807) is 0 Å². The molecule has 3 heteroatoms. The maximum Gasteiger partial charge on any atom is 0.222 e. The molecule has 1 saturated heterocycles. The highest BCUT2D eigenvalue weighted by molar-refractivity contribution is 5.76. The molecule has 1 aliphatic rings. The molecular weight excluding hydrogens is 200 g/mol. The summed E-state index contributed by atoms with van der Waals surface area (Å²) in [6.07, 6.45) is 7.64. The number of likely N-dealkylation sites (tertiary alicyclic amines) is 1. The maximum atomic E-state index is 11.9. The third kappa shape index (κ3) is 4.52. The molecule has 0 saturated carbocycles. The lowest BCUT2D eigenvalue weighted by Crippen LogP contribution is -2.35. The van der Waals surface area contributed by atoms with Crippen molar-refractivity contribution in [2.45, 2.75) is 51.9 Å². The third-order valence-electron chi connectivity index (χ3n) is 3.51. The first-order chi connectivity index (χ1) is 7.77. The van der Waals surface area contributed by atoms with Crippen LogP contribution in [0.3, 0.4) is 0 Å². The van der Waals surface area contributed by atoms with Crippen molar-refractivity contribution in [1.29, 1.82) is 0 Å². The molecule has 0 aliphatic carbocycles. The molecule has 1 amide bonds. The van der Waals surface area contributed by atoms with Crippen LogP contribution in [0.5, 0.6) is 0 Å². The Hall–Kier alpha value is -0.570. The van der Waals surface area contributed by atoms with E-state index >= 15 is 0 Å². The molecule has 0 aromatic heterocycles. The smallest absolute Gasteiger partial charge is 0.222 e. The van der Waals surface area contributed by atoms with E-state index in [9.17, 15) is 4.79 Å². The van der Waals surface area contributed by atoms with Gasteiger partial charge in [0, 0.05) is 19.5 Å². The minimum absolute atomic E-state index is 0.342. The number of nitrogens with zero attached hydrogens (tertiary/aromatic N) is 1. The van der Waals surface area contributed by atoms with Gasteiger partial charge in [0.15, 0.2) is 0 Å². The predicted octanol–water partition coefficient (Wildman–Crippen LogP) is 2.15. The van der Waals surface area contributed by atoms with Crippen molar-refractivity contribution in [3.05, 3.63) is 0 Å². The monoisotopic (exact) mass is 226 g/mol. The van der Waals surface area contributed by atoms with E-state index in [1.807, 2.05) is 4.90 Å². The van der Waals surface area contributed by atoms with Crippen LogP contribution >= 0.6 is 0 Å². The summed E-state index contributed by atoms with van der Waals surface area (Å²) in [6.45, 7) is 4.84. The first-order valence-corrected chi connectivity index (χ1v) is 6.75. The Morgan fingerprint density at radius 1 is 1.25 bits per heavy atom. The second kappa shape index (κ2) is 7.66. The number of carbonyl (C=O) groups excluding carboxylic acids is 1. The molecule has 1 aliphatic heterocycles. The number of piperidine rings is 1. The molecular formula is C13H26N2O. The molecule has 1 heterocycles. The van der Waals surface area contributed by atoms with Gasteiger partial charge in [-0.3, -0.25) is 4.79 Å². The van der Waals surface area contributed by atoms with Crippen molar-refractivity contribution in [1.82, 2.24) is 4.90 Å². The van der Waals surface area contributed by atoms with Crippen LogP contribution < -0.4 is 5.73 Å². The second-order valence-electron chi connectivity index (χ2n) is 4.87. The summed E-state index contributed by atoms with van der Waals surface area (Å²) >= 11 is 0. The number of hydrogen-bond acceptors (Lipinski definition) is 2. The Morgan fingerprint density at radius 3 is 2.50 bits per heavy atom. The Labute approximate surface area is 99.4 Å². The summed E-state index contributed by atoms with van der Waals surface area (Å²) in [5.41, 5.74) is 5.70. The highest BCUT2D eigenvalue weighted by Gasteiger charge is 2.17. The first-order valence-electron chi connectivity index (χ1n) is 6.75. The highest BCUT2D eigenvalue weighted by Crippen LogP contribution is 2.15. The molecule has 1 atom stereocenters. The Balaban J connectivity index is 2.22. The Morgan fingerprint density at radius 2 is 1.94 bits per heavy atom. The van der Waals surface area contributed by atoms with Gasteiger partial charge in [-0.2, -0.15) is 0 Å². The summed E-state index contributed by atoms with van der Waals surface area (Å²) < 4.78 is 0. The fourth-order valence-electron chi connectivity index (χ4n) is 2.42. The summed E-state index contributed by atoms with van der Waals surface area (Å²) in [4.78, 5) is 13.9. The highest BCUT2D eigenvalue weighted by atomic mass is 16.2. The van der Waals surface area contributed by atoms with Crippen LogP contribution in [0.4, 0.5) is 0 Å². The quantitative estimate of drug-likeness (QED) is 0.754. The zero-order valence-electron chi connectivity index (χ0n) is 10.6. The van der Waals surface area contributed by atoms with Crippen molar-refractivity contribution in [2.24, 2.45) is 11.7 Å². The van der Waals surface area contributed by atoms with Gasteiger partial charge >= 0.3 is 0 Å². The minimum Gasteiger partial charge on any atom is -0.343 e. The van der Waals surface area contributed by atoms with E-state index in [2.05, 4.69) is 6.92 Å². The van der Waals surface area contributed by atoms with Gasteiger partial charge in [-0.05, 0) is 44.6 Å². The van der Waals surface area contributed by atoms with Gasteiger partial charge in [0.25, 0.3) is 0 Å². The van der Waals surface area contributed by atoms with Crippen LogP contribution in [0.2, 0.25) is 0 Å². The van der Waals surface area contributed by atoms with Gasteiger partial charge in [-0.25, -0.2) is 0 Å². The predicted molar refractivity (Wildman–Crippen MR) is 67.1 cm³/mol. The lowest BCUT2D eigenvalue weighted by Gasteiger charge is -2.27. The van der Waals surface area contributed by atoms with Gasteiger partial charge in [0.05, 0.1) is 0 Å². The van der Waals surface area contributed by atoms with Gasteiger partial charge in [-0.1, -0.05) is 13.3 Å². The maximum absolute atomic E-state index is 11.9. The standard InChI is InChI=1S/C13H26N2O/c1-2-6-12(11-14)7-8-13(16)15-9-4-3-5-10-15/h12H,2-11,14H2,1H3. The second-order valence-corrected chi connectivity index (χ2v) is 4.87. The molecule has 0 aromatic carbocycles. The van der Waals surface area contributed by atoms with Crippen LogP contribution in [-0.2, 0) is 4.79 Å². The summed E-state index contributed by atoms with van der Waals surface area (Å²) in [7, 11) is 0.